The van der Waals surface area contributed by atoms with Crippen molar-refractivity contribution >= 4 is 13.7 Å². The summed E-state index contributed by atoms with van der Waals surface area (Å²) < 4.78 is 23.3. The van der Waals surface area contributed by atoms with Crippen molar-refractivity contribution in [3.05, 3.63) is 12.2 Å². The van der Waals surface area contributed by atoms with Gasteiger partial charge in [0.15, 0.2) is 0 Å². The summed E-state index contributed by atoms with van der Waals surface area (Å²) in [5.41, 5.74) is 0. The molecular formula is C51H103N2O6P. The van der Waals surface area contributed by atoms with E-state index in [4.69, 9.17) is 9.05 Å². The number of hydrogen-bond donors (Lipinski definition) is 2. The van der Waals surface area contributed by atoms with Crippen LogP contribution in [0, 0.1) is 0 Å². The van der Waals surface area contributed by atoms with Gasteiger partial charge in [-0.05, 0) is 38.5 Å². The molecule has 358 valence electrons. The summed E-state index contributed by atoms with van der Waals surface area (Å²) in [5, 5.41) is 14.0. The lowest BCUT2D eigenvalue weighted by molar-refractivity contribution is -0.870. The minimum Gasteiger partial charge on any atom is -0.756 e. The fourth-order valence-electron chi connectivity index (χ4n) is 7.86. The lowest BCUT2D eigenvalue weighted by Gasteiger charge is -2.30. The maximum Gasteiger partial charge on any atom is 0.268 e. The van der Waals surface area contributed by atoms with E-state index in [2.05, 4.69) is 31.3 Å². The topological polar surface area (TPSA) is 108 Å². The number of rotatable bonds is 48. The number of carbonyl (C=O) groups excluding carboxylic acids is 1. The molecular weight excluding hydrogens is 768 g/mol. The highest BCUT2D eigenvalue weighted by Crippen LogP contribution is 2.38. The number of amides is 1. The number of allylic oxidation sites excluding steroid dienone is 2. The predicted molar refractivity (Wildman–Crippen MR) is 256 cm³/mol. The third-order valence-corrected chi connectivity index (χ3v) is 13.0. The van der Waals surface area contributed by atoms with E-state index in [0.29, 0.717) is 23.9 Å². The van der Waals surface area contributed by atoms with Crippen LogP contribution in [0.25, 0.3) is 0 Å². The standard InChI is InChI=1S/C51H103N2O6P/c1-6-8-10-12-14-16-18-20-22-23-24-25-26-27-28-29-31-32-34-36-38-40-42-44-50(54)49(48-59-60(56,57)58-47-46-53(3,4)5)52-51(55)45-43-41-39-37-35-33-30-21-19-17-15-13-11-9-7-2/h21,30,49-50,54H,6-20,22-29,31-48H2,1-5H3,(H-,52,55,56,57)/b30-21-. The van der Waals surface area contributed by atoms with Crippen molar-refractivity contribution in [3.63, 3.8) is 0 Å². The molecule has 3 unspecified atom stereocenters. The average molecular weight is 871 g/mol. The number of aliphatic hydroxyl groups excluding tert-OH is 1. The van der Waals surface area contributed by atoms with Gasteiger partial charge in [0.2, 0.25) is 5.91 Å². The zero-order chi connectivity index (χ0) is 44.3. The molecule has 0 saturated carbocycles. The minimum atomic E-state index is -4.57. The maximum absolute atomic E-state index is 12.9. The Hall–Kier alpha value is -0.760. The van der Waals surface area contributed by atoms with E-state index in [1.807, 2.05) is 21.1 Å². The molecule has 0 heterocycles. The first-order valence-corrected chi connectivity index (χ1v) is 27.5. The first-order chi connectivity index (χ1) is 29.0. The highest BCUT2D eigenvalue weighted by Gasteiger charge is 2.24. The molecule has 0 aliphatic heterocycles. The number of phosphoric ester groups is 1. The van der Waals surface area contributed by atoms with E-state index in [9.17, 15) is 19.4 Å². The second kappa shape index (κ2) is 43.5. The van der Waals surface area contributed by atoms with E-state index in [0.717, 1.165) is 51.4 Å². The molecule has 3 atom stereocenters. The van der Waals surface area contributed by atoms with Crippen LogP contribution in [-0.2, 0) is 18.4 Å². The van der Waals surface area contributed by atoms with Crippen molar-refractivity contribution in [2.24, 2.45) is 0 Å². The molecule has 0 aromatic carbocycles. The predicted octanol–water partition coefficient (Wildman–Crippen LogP) is 14.5. The van der Waals surface area contributed by atoms with Gasteiger partial charge in [0, 0.05) is 6.42 Å². The van der Waals surface area contributed by atoms with Crippen LogP contribution in [0.5, 0.6) is 0 Å². The van der Waals surface area contributed by atoms with E-state index in [1.54, 1.807) is 0 Å². The summed E-state index contributed by atoms with van der Waals surface area (Å²) >= 11 is 0. The highest BCUT2D eigenvalue weighted by molar-refractivity contribution is 7.45. The number of nitrogens with zero attached hydrogens (tertiary/aromatic N) is 1. The molecule has 9 heteroatoms. The highest BCUT2D eigenvalue weighted by atomic mass is 31.2. The summed E-state index contributed by atoms with van der Waals surface area (Å²) in [6.45, 7) is 4.74. The van der Waals surface area contributed by atoms with E-state index in [-0.39, 0.29) is 19.1 Å². The van der Waals surface area contributed by atoms with Crippen molar-refractivity contribution in [3.8, 4) is 0 Å². The molecule has 0 fully saturated rings. The van der Waals surface area contributed by atoms with Crippen LogP contribution in [-0.4, -0.2) is 68.5 Å². The third-order valence-electron chi connectivity index (χ3n) is 12.0. The molecule has 60 heavy (non-hydrogen) atoms. The van der Waals surface area contributed by atoms with Crippen molar-refractivity contribution in [2.45, 2.75) is 270 Å². The lowest BCUT2D eigenvalue weighted by atomic mass is 10.0. The Kier molecular flexibility index (Phi) is 42.9. The molecule has 0 radical (unpaired) electrons. The van der Waals surface area contributed by atoms with Gasteiger partial charge >= 0.3 is 0 Å². The lowest BCUT2D eigenvalue weighted by Crippen LogP contribution is -2.46. The molecule has 8 nitrogen and oxygen atoms in total. The Morgan fingerprint density at radius 1 is 0.567 bits per heavy atom. The van der Waals surface area contributed by atoms with E-state index < -0.39 is 20.0 Å². The Morgan fingerprint density at radius 2 is 0.917 bits per heavy atom. The number of carbonyl (C=O) groups is 1. The Morgan fingerprint density at radius 3 is 1.30 bits per heavy atom. The summed E-state index contributed by atoms with van der Waals surface area (Å²) in [6, 6.07) is -0.801. The van der Waals surface area contributed by atoms with E-state index in [1.165, 1.54) is 180 Å². The van der Waals surface area contributed by atoms with E-state index >= 15 is 0 Å². The molecule has 0 rings (SSSR count). The zero-order valence-corrected chi connectivity index (χ0v) is 41.6. The van der Waals surface area contributed by atoms with Crippen LogP contribution in [0.1, 0.15) is 258 Å². The quantitative estimate of drug-likeness (QED) is 0.0273. The fourth-order valence-corrected chi connectivity index (χ4v) is 8.58. The average Bonchev–Trinajstić information content (AvgIpc) is 3.20. The first kappa shape index (κ1) is 59.2. The monoisotopic (exact) mass is 871 g/mol. The van der Waals surface area contributed by atoms with Gasteiger partial charge in [-0.3, -0.25) is 9.36 Å². The van der Waals surface area contributed by atoms with Crippen LogP contribution >= 0.6 is 7.82 Å². The largest absolute Gasteiger partial charge is 0.756 e. The summed E-state index contributed by atoms with van der Waals surface area (Å²) in [6.07, 6.45) is 50.8. The molecule has 0 aliphatic carbocycles. The van der Waals surface area contributed by atoms with Crippen LogP contribution in [0.15, 0.2) is 12.2 Å². The molecule has 0 bridgehead atoms. The van der Waals surface area contributed by atoms with Gasteiger partial charge in [-0.1, -0.05) is 225 Å². The van der Waals surface area contributed by atoms with Gasteiger partial charge in [-0.15, -0.1) is 0 Å². The van der Waals surface area contributed by atoms with Gasteiger partial charge in [0.1, 0.15) is 13.2 Å². The Labute approximate surface area is 373 Å². The number of hydrogen-bond acceptors (Lipinski definition) is 6. The van der Waals surface area contributed by atoms with Crippen molar-refractivity contribution < 1.29 is 32.9 Å². The second-order valence-corrected chi connectivity index (χ2v) is 20.6. The number of likely N-dealkylation sites (N-methyl/N-ethyl adjacent to an activating group) is 1. The van der Waals surface area contributed by atoms with Crippen molar-refractivity contribution in [2.75, 3.05) is 40.9 Å². The Bertz CT molecular complexity index is 989. The smallest absolute Gasteiger partial charge is 0.268 e. The van der Waals surface area contributed by atoms with Crippen LogP contribution in [0.3, 0.4) is 0 Å². The summed E-state index contributed by atoms with van der Waals surface area (Å²) in [5.74, 6) is -0.170. The van der Waals surface area contributed by atoms with Crippen molar-refractivity contribution in [1.29, 1.82) is 0 Å². The number of phosphoric acid groups is 1. The van der Waals surface area contributed by atoms with Gasteiger partial charge < -0.3 is 28.8 Å². The normalized spacial score (nSPS) is 14.2. The van der Waals surface area contributed by atoms with Gasteiger partial charge in [0.25, 0.3) is 7.82 Å². The number of unbranched alkanes of at least 4 members (excludes halogenated alkanes) is 33. The molecule has 0 aliphatic rings. The molecule has 1 amide bonds. The number of aliphatic hydroxyl groups is 1. The fraction of sp³-hybridized carbons (Fsp3) is 0.941. The molecule has 0 aromatic rings. The van der Waals surface area contributed by atoms with Crippen LogP contribution < -0.4 is 10.2 Å². The summed E-state index contributed by atoms with van der Waals surface area (Å²) in [4.78, 5) is 25.4. The van der Waals surface area contributed by atoms with Gasteiger partial charge in [-0.2, -0.15) is 0 Å². The van der Waals surface area contributed by atoms with Crippen molar-refractivity contribution in [1.82, 2.24) is 5.32 Å². The molecule has 0 aromatic heterocycles. The number of nitrogens with one attached hydrogen (secondary N) is 1. The van der Waals surface area contributed by atoms with Crippen LogP contribution in [0.4, 0.5) is 0 Å². The number of quaternary nitrogens is 1. The molecule has 2 N–H and O–H groups in total. The zero-order valence-electron chi connectivity index (χ0n) is 40.7. The van der Waals surface area contributed by atoms with Gasteiger partial charge in [-0.25, -0.2) is 0 Å². The second-order valence-electron chi connectivity index (χ2n) is 19.2. The van der Waals surface area contributed by atoms with Gasteiger partial charge in [0.05, 0.1) is 39.9 Å². The van der Waals surface area contributed by atoms with Crippen LogP contribution in [0.2, 0.25) is 0 Å². The minimum absolute atomic E-state index is 0.0127. The molecule has 0 saturated heterocycles. The SMILES string of the molecule is CCCCCCCC/C=C\CCCCCCCC(=O)NC(COP(=O)([O-])OCC[N+](C)(C)C)C(O)CCCCCCCCCCCCCCCCCCCCCCCCC. The Balaban J connectivity index is 4.20. The molecule has 0 spiro atoms. The third kappa shape index (κ3) is 45.3. The maximum atomic E-state index is 12.9. The first-order valence-electron chi connectivity index (χ1n) is 26.0. The summed E-state index contributed by atoms with van der Waals surface area (Å²) in [7, 11) is 1.31.